The molecule has 0 aliphatic heterocycles. The van der Waals surface area contributed by atoms with E-state index in [2.05, 4.69) is 0 Å². The largest absolute Gasteiger partial charge is 0.325 e. The highest BCUT2D eigenvalue weighted by molar-refractivity contribution is 5.17. The van der Waals surface area contributed by atoms with Gasteiger partial charge in [0.1, 0.15) is 0 Å². The fourth-order valence-corrected chi connectivity index (χ4v) is 1.37. The van der Waals surface area contributed by atoms with Gasteiger partial charge in [-0.2, -0.15) is 0 Å². The molecule has 0 radical (unpaired) electrons. The Kier molecular flexibility index (Phi) is 3.43. The predicted molar refractivity (Wildman–Crippen MR) is 53.3 cm³/mol. The molecule has 13 heavy (non-hydrogen) atoms. The van der Waals surface area contributed by atoms with Crippen LogP contribution in [0, 0.1) is 0 Å². The topological polar surface area (TPSA) is 26.0 Å². The van der Waals surface area contributed by atoms with Gasteiger partial charge in [0, 0.05) is 5.54 Å². The number of rotatable bonds is 4. The minimum atomic E-state index is -0.421. The van der Waals surface area contributed by atoms with E-state index in [1.165, 1.54) is 5.56 Å². The van der Waals surface area contributed by atoms with Crippen LogP contribution >= 0.6 is 0 Å². The summed E-state index contributed by atoms with van der Waals surface area (Å²) in [6.07, 6.45) is 1.15. The standard InChI is InChI=1S/C11H16FN/c1-11(13,7-8-12)9-10-5-3-2-4-6-10/h2-6H,7-9,13H2,1H3. The Bertz CT molecular complexity index is 244. The van der Waals surface area contributed by atoms with Gasteiger partial charge in [-0.25, -0.2) is 0 Å². The van der Waals surface area contributed by atoms with Crippen molar-refractivity contribution in [1.29, 1.82) is 0 Å². The first-order chi connectivity index (χ1) is 6.14. The maximum Gasteiger partial charge on any atom is 0.0911 e. The SMILES string of the molecule is CC(N)(CCF)Cc1ccccc1. The Morgan fingerprint density at radius 2 is 1.92 bits per heavy atom. The second-order valence-corrected chi connectivity index (χ2v) is 3.76. The van der Waals surface area contributed by atoms with Crippen LogP contribution in [0.1, 0.15) is 18.9 Å². The van der Waals surface area contributed by atoms with Gasteiger partial charge in [-0.1, -0.05) is 30.3 Å². The van der Waals surface area contributed by atoms with Crippen molar-refractivity contribution in [2.75, 3.05) is 6.67 Å². The molecule has 1 unspecified atom stereocenters. The van der Waals surface area contributed by atoms with Crippen LogP contribution in [0.15, 0.2) is 30.3 Å². The van der Waals surface area contributed by atoms with Crippen LogP contribution in [-0.4, -0.2) is 12.2 Å². The fourth-order valence-electron chi connectivity index (χ4n) is 1.37. The van der Waals surface area contributed by atoms with E-state index in [1.54, 1.807) is 0 Å². The second kappa shape index (κ2) is 4.38. The molecule has 1 aromatic carbocycles. The highest BCUT2D eigenvalue weighted by Gasteiger charge is 2.18. The van der Waals surface area contributed by atoms with Crippen molar-refractivity contribution < 1.29 is 4.39 Å². The Balaban J connectivity index is 2.58. The van der Waals surface area contributed by atoms with Crippen molar-refractivity contribution in [1.82, 2.24) is 0 Å². The van der Waals surface area contributed by atoms with Crippen molar-refractivity contribution in [3.05, 3.63) is 35.9 Å². The molecule has 0 saturated heterocycles. The fraction of sp³-hybridized carbons (Fsp3) is 0.455. The lowest BCUT2D eigenvalue weighted by Crippen LogP contribution is -2.39. The zero-order valence-corrected chi connectivity index (χ0v) is 7.96. The summed E-state index contributed by atoms with van der Waals surface area (Å²) in [7, 11) is 0. The van der Waals surface area contributed by atoms with Crippen molar-refractivity contribution >= 4 is 0 Å². The molecular formula is C11H16FN. The Hall–Kier alpha value is -0.890. The molecule has 0 saturated carbocycles. The van der Waals surface area contributed by atoms with Gasteiger partial charge in [0.15, 0.2) is 0 Å². The van der Waals surface area contributed by atoms with Gasteiger partial charge < -0.3 is 5.73 Å². The first-order valence-electron chi connectivity index (χ1n) is 4.53. The van der Waals surface area contributed by atoms with Crippen LogP contribution in [0.2, 0.25) is 0 Å². The monoisotopic (exact) mass is 181 g/mol. The number of halogens is 1. The zero-order valence-electron chi connectivity index (χ0n) is 7.96. The molecule has 1 rings (SSSR count). The molecule has 0 aliphatic rings. The summed E-state index contributed by atoms with van der Waals surface area (Å²) in [5, 5.41) is 0. The molecule has 0 heterocycles. The van der Waals surface area contributed by atoms with E-state index < -0.39 is 5.54 Å². The molecular weight excluding hydrogens is 165 g/mol. The van der Waals surface area contributed by atoms with Crippen molar-refractivity contribution in [2.24, 2.45) is 5.73 Å². The van der Waals surface area contributed by atoms with E-state index in [0.717, 1.165) is 6.42 Å². The lowest BCUT2D eigenvalue weighted by Gasteiger charge is -2.23. The summed E-state index contributed by atoms with van der Waals surface area (Å²) >= 11 is 0. The molecule has 1 atom stereocenters. The van der Waals surface area contributed by atoms with Crippen LogP contribution in [-0.2, 0) is 6.42 Å². The molecule has 0 fully saturated rings. The summed E-state index contributed by atoms with van der Waals surface area (Å²) in [5.74, 6) is 0. The zero-order chi connectivity index (χ0) is 9.73. The highest BCUT2D eigenvalue weighted by Crippen LogP contribution is 2.13. The molecule has 2 N–H and O–H groups in total. The van der Waals surface area contributed by atoms with Crippen LogP contribution in [0.3, 0.4) is 0 Å². The first kappa shape index (κ1) is 10.2. The number of alkyl halides is 1. The van der Waals surface area contributed by atoms with Crippen molar-refractivity contribution in [2.45, 2.75) is 25.3 Å². The highest BCUT2D eigenvalue weighted by atomic mass is 19.1. The third-order valence-electron chi connectivity index (χ3n) is 2.12. The molecule has 0 amide bonds. The number of hydrogen-bond donors (Lipinski definition) is 1. The number of benzene rings is 1. The van der Waals surface area contributed by atoms with Gasteiger partial charge in [-0.3, -0.25) is 4.39 Å². The van der Waals surface area contributed by atoms with E-state index in [0.29, 0.717) is 6.42 Å². The first-order valence-corrected chi connectivity index (χ1v) is 4.53. The van der Waals surface area contributed by atoms with Gasteiger partial charge in [0.25, 0.3) is 0 Å². The van der Waals surface area contributed by atoms with E-state index in [9.17, 15) is 4.39 Å². The van der Waals surface area contributed by atoms with Crippen LogP contribution in [0.4, 0.5) is 4.39 Å². The minimum absolute atomic E-state index is 0.347. The predicted octanol–water partition coefficient (Wildman–Crippen LogP) is 2.31. The van der Waals surface area contributed by atoms with Gasteiger partial charge in [0.05, 0.1) is 6.67 Å². The number of hydrogen-bond acceptors (Lipinski definition) is 1. The summed E-state index contributed by atoms with van der Waals surface area (Å²) in [6.45, 7) is 1.54. The van der Waals surface area contributed by atoms with Gasteiger partial charge in [-0.15, -0.1) is 0 Å². The molecule has 0 spiro atoms. The Morgan fingerprint density at radius 3 is 2.46 bits per heavy atom. The molecule has 1 aromatic rings. The van der Waals surface area contributed by atoms with Crippen LogP contribution < -0.4 is 5.73 Å². The van der Waals surface area contributed by atoms with E-state index in [-0.39, 0.29) is 6.67 Å². The maximum absolute atomic E-state index is 12.1. The van der Waals surface area contributed by atoms with Gasteiger partial charge >= 0.3 is 0 Å². The van der Waals surface area contributed by atoms with Crippen LogP contribution in [0.5, 0.6) is 0 Å². The quantitative estimate of drug-likeness (QED) is 0.757. The molecule has 2 heteroatoms. The van der Waals surface area contributed by atoms with Gasteiger partial charge in [0.2, 0.25) is 0 Å². The van der Waals surface area contributed by atoms with E-state index in [1.807, 2.05) is 37.3 Å². The molecule has 0 aliphatic carbocycles. The van der Waals surface area contributed by atoms with Gasteiger partial charge in [-0.05, 0) is 25.3 Å². The van der Waals surface area contributed by atoms with E-state index >= 15 is 0 Å². The second-order valence-electron chi connectivity index (χ2n) is 3.76. The average molecular weight is 181 g/mol. The average Bonchev–Trinajstić information content (AvgIpc) is 2.04. The Labute approximate surface area is 78.8 Å². The summed E-state index contributed by atoms with van der Waals surface area (Å²) in [5.41, 5.74) is 6.67. The third kappa shape index (κ3) is 3.55. The Morgan fingerprint density at radius 1 is 1.31 bits per heavy atom. The summed E-state index contributed by atoms with van der Waals surface area (Å²) < 4.78 is 12.1. The smallest absolute Gasteiger partial charge is 0.0911 e. The van der Waals surface area contributed by atoms with E-state index in [4.69, 9.17) is 5.73 Å². The molecule has 0 aromatic heterocycles. The minimum Gasteiger partial charge on any atom is -0.325 e. The van der Waals surface area contributed by atoms with Crippen molar-refractivity contribution in [3.8, 4) is 0 Å². The molecule has 72 valence electrons. The summed E-state index contributed by atoms with van der Waals surface area (Å²) in [6, 6.07) is 9.95. The lowest BCUT2D eigenvalue weighted by atomic mass is 9.91. The third-order valence-corrected chi connectivity index (χ3v) is 2.12. The normalized spacial score (nSPS) is 15.3. The maximum atomic E-state index is 12.1. The van der Waals surface area contributed by atoms with Crippen LogP contribution in [0.25, 0.3) is 0 Å². The van der Waals surface area contributed by atoms with Crippen molar-refractivity contribution in [3.63, 3.8) is 0 Å². The molecule has 0 bridgehead atoms. The number of nitrogens with two attached hydrogens (primary N) is 1. The molecule has 1 nitrogen and oxygen atoms in total. The summed E-state index contributed by atoms with van der Waals surface area (Å²) in [4.78, 5) is 0. The lowest BCUT2D eigenvalue weighted by molar-refractivity contribution is 0.355.